The van der Waals surface area contributed by atoms with E-state index in [-0.39, 0.29) is 31.6 Å². The summed E-state index contributed by atoms with van der Waals surface area (Å²) in [5.41, 5.74) is 0. The standard InChI is InChI=1S/C71H120O6/c1-4-7-10-13-16-19-22-25-26-27-28-29-30-31-32-33-34-35-36-37-38-39-40-41-42-43-44-47-49-52-55-58-61-64-70(73)76-67-68(77-71(74)65-62-59-56-53-50-46-24-21-18-15-12-9-6-3)66-75-69(72)63-60-57-54-51-48-45-23-20-17-14-11-8-5-2/h7,9-10,12,16,18-21,23,25-26,28-29,46,50,56,59,68H,4-6,8,11,13-15,17,22,24,27,30-45,47-49,51-55,57-58,60-67H2,1-3H3/b10-7-,12-9-,19-16-,21-18-,23-20-,26-25-,29-28-,50-46-,59-56-. The summed E-state index contributed by atoms with van der Waals surface area (Å²) in [6.45, 7) is 6.34. The van der Waals surface area contributed by atoms with Gasteiger partial charge in [-0.15, -0.1) is 0 Å². The van der Waals surface area contributed by atoms with Crippen molar-refractivity contribution in [3.63, 3.8) is 0 Å². The van der Waals surface area contributed by atoms with Gasteiger partial charge in [0.1, 0.15) is 13.2 Å². The minimum atomic E-state index is -0.818. The Labute approximate surface area is 476 Å². The number of allylic oxidation sites excluding steroid dienone is 18. The maximum Gasteiger partial charge on any atom is 0.306 e. The van der Waals surface area contributed by atoms with E-state index in [1.807, 2.05) is 6.08 Å². The predicted octanol–water partition coefficient (Wildman–Crippen LogP) is 22.2. The van der Waals surface area contributed by atoms with Crippen LogP contribution in [0.15, 0.2) is 109 Å². The number of esters is 3. The molecule has 0 saturated carbocycles. The highest BCUT2D eigenvalue weighted by Gasteiger charge is 2.19. The van der Waals surface area contributed by atoms with Crippen molar-refractivity contribution in [1.82, 2.24) is 0 Å². The molecular formula is C71H120O6. The van der Waals surface area contributed by atoms with Gasteiger partial charge in [0.05, 0.1) is 0 Å². The Hall–Kier alpha value is -3.93. The molecule has 0 aliphatic carbocycles. The van der Waals surface area contributed by atoms with E-state index in [4.69, 9.17) is 14.2 Å². The summed E-state index contributed by atoms with van der Waals surface area (Å²) in [6, 6.07) is 0. The average Bonchev–Trinajstić information content (AvgIpc) is 3.43. The molecular weight excluding hydrogens is 949 g/mol. The van der Waals surface area contributed by atoms with Crippen molar-refractivity contribution >= 4 is 17.9 Å². The van der Waals surface area contributed by atoms with Gasteiger partial charge in [-0.25, -0.2) is 0 Å². The molecule has 0 heterocycles. The van der Waals surface area contributed by atoms with Crippen LogP contribution in [0.2, 0.25) is 0 Å². The number of carbonyl (C=O) groups excluding carboxylic acids is 3. The molecule has 0 bridgehead atoms. The molecule has 77 heavy (non-hydrogen) atoms. The first kappa shape index (κ1) is 73.1. The molecule has 1 unspecified atom stereocenters. The molecule has 0 aromatic carbocycles. The van der Waals surface area contributed by atoms with Crippen molar-refractivity contribution in [2.45, 2.75) is 309 Å². The fourth-order valence-electron chi connectivity index (χ4n) is 8.97. The zero-order valence-electron chi connectivity index (χ0n) is 50.4. The second-order valence-electron chi connectivity index (χ2n) is 21.3. The largest absolute Gasteiger partial charge is 0.462 e. The van der Waals surface area contributed by atoms with Crippen LogP contribution in [0.1, 0.15) is 303 Å². The molecule has 6 heteroatoms. The van der Waals surface area contributed by atoms with Gasteiger partial charge in [0.2, 0.25) is 0 Å². The number of ether oxygens (including phenoxy) is 3. The Bertz CT molecular complexity index is 1560. The summed E-state index contributed by atoms with van der Waals surface area (Å²) in [5, 5.41) is 0. The zero-order valence-corrected chi connectivity index (χ0v) is 50.4. The molecule has 0 fully saturated rings. The predicted molar refractivity (Wildman–Crippen MR) is 334 cm³/mol. The summed E-state index contributed by atoms with van der Waals surface area (Å²) in [4.78, 5) is 38.1. The third-order valence-corrected chi connectivity index (χ3v) is 13.8. The third kappa shape index (κ3) is 62.8. The van der Waals surface area contributed by atoms with E-state index in [1.165, 1.54) is 154 Å². The lowest BCUT2D eigenvalue weighted by atomic mass is 10.0. The molecule has 0 rings (SSSR count). The quantitative estimate of drug-likeness (QED) is 0.0261. The first-order valence-electron chi connectivity index (χ1n) is 32.4. The van der Waals surface area contributed by atoms with E-state index < -0.39 is 12.1 Å². The van der Waals surface area contributed by atoms with Crippen molar-refractivity contribution < 1.29 is 28.6 Å². The monoisotopic (exact) mass is 1070 g/mol. The van der Waals surface area contributed by atoms with Crippen LogP contribution in [-0.4, -0.2) is 37.2 Å². The fourth-order valence-corrected chi connectivity index (χ4v) is 8.97. The highest BCUT2D eigenvalue weighted by atomic mass is 16.6. The minimum absolute atomic E-state index is 0.107. The topological polar surface area (TPSA) is 78.9 Å². The Morgan fingerprint density at radius 2 is 0.532 bits per heavy atom. The van der Waals surface area contributed by atoms with Gasteiger partial charge in [0.15, 0.2) is 6.10 Å². The van der Waals surface area contributed by atoms with Crippen LogP contribution >= 0.6 is 0 Å². The van der Waals surface area contributed by atoms with Crippen LogP contribution in [0.4, 0.5) is 0 Å². The Morgan fingerprint density at radius 1 is 0.273 bits per heavy atom. The first-order chi connectivity index (χ1) is 38.0. The van der Waals surface area contributed by atoms with Crippen molar-refractivity contribution in [1.29, 1.82) is 0 Å². The van der Waals surface area contributed by atoms with Gasteiger partial charge in [-0.3, -0.25) is 14.4 Å². The molecule has 0 aromatic heterocycles. The van der Waals surface area contributed by atoms with Crippen LogP contribution in [0.3, 0.4) is 0 Å². The smallest absolute Gasteiger partial charge is 0.306 e. The van der Waals surface area contributed by atoms with Crippen LogP contribution in [0, 0.1) is 0 Å². The average molecular weight is 1070 g/mol. The van der Waals surface area contributed by atoms with E-state index >= 15 is 0 Å². The first-order valence-corrected chi connectivity index (χ1v) is 32.4. The van der Waals surface area contributed by atoms with Gasteiger partial charge < -0.3 is 14.2 Å². The van der Waals surface area contributed by atoms with Crippen LogP contribution < -0.4 is 0 Å². The van der Waals surface area contributed by atoms with Crippen molar-refractivity contribution in [3.8, 4) is 0 Å². The lowest BCUT2D eigenvalue weighted by Gasteiger charge is -2.18. The molecule has 0 aliphatic heterocycles. The Balaban J connectivity index is 4.14. The van der Waals surface area contributed by atoms with Gasteiger partial charge >= 0.3 is 17.9 Å². The summed E-state index contributed by atoms with van der Waals surface area (Å²) >= 11 is 0. The number of hydrogen-bond acceptors (Lipinski definition) is 6. The number of rotatable bonds is 58. The second kappa shape index (κ2) is 64.6. The zero-order chi connectivity index (χ0) is 55.7. The SMILES string of the molecule is CC/C=C\C/C=C\C/C=C\C/C=C\CCCCCCCCCCCCCCCCCCCCCCC(=O)OCC(COC(=O)CCCCCCC/C=C\CCCCCC)OC(=O)CC/C=C\C/C=C\C/C=C\C/C=C\CC. The van der Waals surface area contributed by atoms with E-state index in [9.17, 15) is 14.4 Å². The number of unbranched alkanes of at least 4 members (excludes halogenated alkanes) is 29. The third-order valence-electron chi connectivity index (χ3n) is 13.8. The van der Waals surface area contributed by atoms with Gasteiger partial charge in [-0.1, -0.05) is 284 Å². The van der Waals surface area contributed by atoms with E-state index in [2.05, 4.69) is 124 Å². The Kier molecular flexibility index (Phi) is 61.3. The van der Waals surface area contributed by atoms with Crippen molar-refractivity contribution in [2.75, 3.05) is 13.2 Å². The maximum atomic E-state index is 12.8. The molecule has 0 spiro atoms. The lowest BCUT2D eigenvalue weighted by molar-refractivity contribution is -0.166. The van der Waals surface area contributed by atoms with Crippen LogP contribution in [-0.2, 0) is 28.6 Å². The minimum Gasteiger partial charge on any atom is -0.462 e. The molecule has 0 aromatic rings. The van der Waals surface area contributed by atoms with Crippen LogP contribution in [0.5, 0.6) is 0 Å². The van der Waals surface area contributed by atoms with Gasteiger partial charge in [-0.05, 0) is 109 Å². The molecule has 1 atom stereocenters. The lowest BCUT2D eigenvalue weighted by Crippen LogP contribution is -2.30. The van der Waals surface area contributed by atoms with Gasteiger partial charge in [0, 0.05) is 19.3 Å². The fraction of sp³-hybridized carbons (Fsp3) is 0.704. The van der Waals surface area contributed by atoms with Crippen molar-refractivity contribution in [2.24, 2.45) is 0 Å². The molecule has 0 saturated heterocycles. The van der Waals surface area contributed by atoms with E-state index in [1.54, 1.807) is 0 Å². The molecule has 0 amide bonds. The highest BCUT2D eigenvalue weighted by molar-refractivity contribution is 5.71. The second-order valence-corrected chi connectivity index (χ2v) is 21.3. The van der Waals surface area contributed by atoms with Crippen molar-refractivity contribution in [3.05, 3.63) is 109 Å². The van der Waals surface area contributed by atoms with Gasteiger partial charge in [0.25, 0.3) is 0 Å². The van der Waals surface area contributed by atoms with E-state index in [0.29, 0.717) is 19.3 Å². The molecule has 440 valence electrons. The summed E-state index contributed by atoms with van der Waals surface area (Å²) in [5.74, 6) is -0.991. The van der Waals surface area contributed by atoms with Crippen LogP contribution in [0.25, 0.3) is 0 Å². The molecule has 0 N–H and O–H groups in total. The molecule has 0 radical (unpaired) electrons. The number of carbonyl (C=O) groups is 3. The highest BCUT2D eigenvalue weighted by Crippen LogP contribution is 2.17. The number of hydrogen-bond donors (Lipinski definition) is 0. The normalized spacial score (nSPS) is 12.8. The maximum absolute atomic E-state index is 12.8. The molecule has 0 aliphatic rings. The Morgan fingerprint density at radius 3 is 0.857 bits per heavy atom. The molecule has 6 nitrogen and oxygen atoms in total. The summed E-state index contributed by atoms with van der Waals surface area (Å²) in [7, 11) is 0. The summed E-state index contributed by atoms with van der Waals surface area (Å²) in [6.07, 6.45) is 88.5. The van der Waals surface area contributed by atoms with Gasteiger partial charge in [-0.2, -0.15) is 0 Å². The summed E-state index contributed by atoms with van der Waals surface area (Å²) < 4.78 is 16.8. The van der Waals surface area contributed by atoms with E-state index in [0.717, 1.165) is 103 Å².